The number of amides is 2. The first-order valence-corrected chi connectivity index (χ1v) is 6.16. The first-order valence-electron chi connectivity index (χ1n) is 6.16. The normalized spacial score (nSPS) is 25.3. The Morgan fingerprint density at radius 3 is 2.22 bits per heavy atom. The Kier molecular flexibility index (Phi) is 4.56. The molecule has 1 fully saturated rings. The Balaban J connectivity index is 2.67. The molecule has 0 spiro atoms. The summed E-state index contributed by atoms with van der Waals surface area (Å²) in [5.41, 5.74) is 0. The number of carbonyl (C=O) groups is 2. The summed E-state index contributed by atoms with van der Waals surface area (Å²) in [4.78, 5) is 28.2. The van der Waals surface area contributed by atoms with E-state index < -0.39 is 12.0 Å². The molecule has 1 rings (SSSR count). The standard InChI is InChI=1S/C12H23N3O3/c1-8-6-15(7-10(8)13(3)4)12(18)14(5)9(2)11(16)17/h8-10H,6-7H2,1-5H3,(H,16,17). The number of rotatable bonds is 3. The summed E-state index contributed by atoms with van der Waals surface area (Å²) in [6.45, 7) is 4.96. The molecule has 1 heterocycles. The van der Waals surface area contributed by atoms with Gasteiger partial charge in [0.1, 0.15) is 6.04 Å². The molecule has 1 aliphatic heterocycles. The predicted molar refractivity (Wildman–Crippen MR) is 68.5 cm³/mol. The van der Waals surface area contributed by atoms with Crippen LogP contribution in [0.5, 0.6) is 0 Å². The predicted octanol–water partition coefficient (Wildman–Crippen LogP) is 0.393. The maximum atomic E-state index is 12.2. The first-order chi connectivity index (χ1) is 8.25. The van der Waals surface area contributed by atoms with Crippen LogP contribution in [0.1, 0.15) is 13.8 Å². The smallest absolute Gasteiger partial charge is 0.326 e. The fourth-order valence-corrected chi connectivity index (χ4v) is 2.33. The van der Waals surface area contributed by atoms with Crippen molar-refractivity contribution in [2.75, 3.05) is 34.2 Å². The molecule has 3 atom stereocenters. The van der Waals surface area contributed by atoms with Gasteiger partial charge in [-0.15, -0.1) is 0 Å². The summed E-state index contributed by atoms with van der Waals surface area (Å²) in [7, 11) is 5.53. The summed E-state index contributed by atoms with van der Waals surface area (Å²) in [5.74, 6) is -0.584. The summed E-state index contributed by atoms with van der Waals surface area (Å²) < 4.78 is 0. The number of hydrogen-bond donors (Lipinski definition) is 1. The molecule has 104 valence electrons. The lowest BCUT2D eigenvalue weighted by Gasteiger charge is -2.28. The van der Waals surface area contributed by atoms with Crippen LogP contribution in [-0.4, -0.2) is 78.1 Å². The number of likely N-dealkylation sites (N-methyl/N-ethyl adjacent to an activating group) is 2. The second kappa shape index (κ2) is 5.56. The SMILES string of the molecule is CC1CN(C(=O)N(C)C(C)C(=O)O)CC1N(C)C. The van der Waals surface area contributed by atoms with E-state index in [0.717, 1.165) is 0 Å². The van der Waals surface area contributed by atoms with Crippen LogP contribution in [-0.2, 0) is 4.79 Å². The fraction of sp³-hybridized carbons (Fsp3) is 0.833. The van der Waals surface area contributed by atoms with Crippen molar-refractivity contribution >= 4 is 12.0 Å². The van der Waals surface area contributed by atoms with Crippen LogP contribution in [0, 0.1) is 5.92 Å². The number of likely N-dealkylation sites (tertiary alicyclic amines) is 1. The van der Waals surface area contributed by atoms with E-state index in [-0.39, 0.29) is 6.03 Å². The van der Waals surface area contributed by atoms with Gasteiger partial charge in [0.05, 0.1) is 0 Å². The van der Waals surface area contributed by atoms with E-state index >= 15 is 0 Å². The van der Waals surface area contributed by atoms with Crippen LogP contribution < -0.4 is 0 Å². The van der Waals surface area contributed by atoms with Gasteiger partial charge in [0.25, 0.3) is 0 Å². The molecule has 6 nitrogen and oxygen atoms in total. The van der Waals surface area contributed by atoms with Crippen LogP contribution in [0.25, 0.3) is 0 Å². The van der Waals surface area contributed by atoms with Crippen molar-refractivity contribution < 1.29 is 14.7 Å². The van der Waals surface area contributed by atoms with Crippen LogP contribution in [0.4, 0.5) is 4.79 Å². The van der Waals surface area contributed by atoms with Gasteiger partial charge in [-0.1, -0.05) is 6.92 Å². The fourth-order valence-electron chi connectivity index (χ4n) is 2.33. The third kappa shape index (κ3) is 2.93. The van der Waals surface area contributed by atoms with Gasteiger partial charge in [-0.05, 0) is 26.9 Å². The molecule has 0 radical (unpaired) electrons. The zero-order valence-corrected chi connectivity index (χ0v) is 11.8. The molecule has 0 aromatic carbocycles. The minimum atomic E-state index is -0.984. The Morgan fingerprint density at radius 2 is 1.83 bits per heavy atom. The number of aliphatic carboxylic acids is 1. The highest BCUT2D eigenvalue weighted by atomic mass is 16.4. The largest absolute Gasteiger partial charge is 0.480 e. The van der Waals surface area contributed by atoms with Crippen molar-refractivity contribution in [1.82, 2.24) is 14.7 Å². The van der Waals surface area contributed by atoms with E-state index in [9.17, 15) is 9.59 Å². The molecule has 3 unspecified atom stereocenters. The Morgan fingerprint density at radius 1 is 1.28 bits per heavy atom. The van der Waals surface area contributed by atoms with Crippen molar-refractivity contribution in [3.05, 3.63) is 0 Å². The lowest BCUT2D eigenvalue weighted by molar-refractivity contribution is -0.141. The van der Waals surface area contributed by atoms with Crippen molar-refractivity contribution in [2.45, 2.75) is 25.9 Å². The molecular weight excluding hydrogens is 234 g/mol. The highest BCUT2D eigenvalue weighted by Crippen LogP contribution is 2.21. The van der Waals surface area contributed by atoms with Crippen molar-refractivity contribution in [3.8, 4) is 0 Å². The molecule has 2 amide bonds. The Labute approximate surface area is 108 Å². The van der Waals surface area contributed by atoms with Gasteiger partial charge in [0.2, 0.25) is 0 Å². The van der Waals surface area contributed by atoms with Crippen molar-refractivity contribution in [3.63, 3.8) is 0 Å². The third-order valence-electron chi connectivity index (χ3n) is 3.75. The third-order valence-corrected chi connectivity index (χ3v) is 3.75. The summed E-state index contributed by atoms with van der Waals surface area (Å²) in [5, 5.41) is 8.92. The van der Waals surface area contributed by atoms with Gasteiger partial charge in [-0.2, -0.15) is 0 Å². The minimum absolute atomic E-state index is 0.207. The maximum Gasteiger partial charge on any atom is 0.326 e. The van der Waals surface area contributed by atoms with E-state index in [0.29, 0.717) is 25.0 Å². The second-order valence-corrected chi connectivity index (χ2v) is 5.32. The van der Waals surface area contributed by atoms with Gasteiger partial charge in [-0.25, -0.2) is 9.59 Å². The summed E-state index contributed by atoms with van der Waals surface area (Å²) in [6.07, 6.45) is 0. The van der Waals surface area contributed by atoms with E-state index in [1.54, 1.807) is 4.90 Å². The molecule has 0 aromatic heterocycles. The van der Waals surface area contributed by atoms with Crippen LogP contribution in [0.3, 0.4) is 0 Å². The van der Waals surface area contributed by atoms with E-state index in [4.69, 9.17) is 5.11 Å². The minimum Gasteiger partial charge on any atom is -0.480 e. The number of urea groups is 1. The van der Waals surface area contributed by atoms with Gasteiger partial charge >= 0.3 is 12.0 Å². The molecule has 1 N–H and O–H groups in total. The monoisotopic (exact) mass is 257 g/mol. The van der Waals surface area contributed by atoms with Crippen LogP contribution in [0.15, 0.2) is 0 Å². The lowest BCUT2D eigenvalue weighted by atomic mass is 10.1. The molecule has 0 saturated carbocycles. The Hall–Kier alpha value is -1.30. The van der Waals surface area contributed by atoms with E-state index in [1.165, 1.54) is 18.9 Å². The van der Waals surface area contributed by atoms with Gasteiger partial charge in [0, 0.05) is 26.2 Å². The quantitative estimate of drug-likeness (QED) is 0.794. The molecule has 1 saturated heterocycles. The zero-order valence-electron chi connectivity index (χ0n) is 11.8. The highest BCUT2D eigenvalue weighted by Gasteiger charge is 2.36. The highest BCUT2D eigenvalue weighted by molar-refractivity contribution is 5.82. The average molecular weight is 257 g/mol. The number of carboxylic acids is 1. The molecule has 18 heavy (non-hydrogen) atoms. The van der Waals surface area contributed by atoms with Gasteiger partial charge in [0.15, 0.2) is 0 Å². The van der Waals surface area contributed by atoms with Crippen LogP contribution >= 0.6 is 0 Å². The summed E-state index contributed by atoms with van der Waals surface area (Å²) in [6, 6.07) is -0.671. The molecule has 0 aliphatic carbocycles. The van der Waals surface area contributed by atoms with E-state index in [1.807, 2.05) is 14.1 Å². The molecule has 6 heteroatoms. The average Bonchev–Trinajstić information content (AvgIpc) is 2.68. The molecule has 0 aromatic rings. The zero-order chi connectivity index (χ0) is 14.0. The lowest BCUT2D eigenvalue weighted by Crippen LogP contribution is -2.47. The number of hydrogen-bond acceptors (Lipinski definition) is 3. The number of carboxylic acid groups (broad SMARTS) is 1. The van der Waals surface area contributed by atoms with Crippen molar-refractivity contribution in [1.29, 1.82) is 0 Å². The van der Waals surface area contributed by atoms with Gasteiger partial charge < -0.3 is 19.8 Å². The maximum absolute atomic E-state index is 12.2. The number of nitrogens with zero attached hydrogens (tertiary/aromatic N) is 3. The second-order valence-electron chi connectivity index (χ2n) is 5.32. The van der Waals surface area contributed by atoms with Crippen LogP contribution in [0.2, 0.25) is 0 Å². The molecule has 0 bridgehead atoms. The Bertz CT molecular complexity index is 333. The number of carbonyl (C=O) groups excluding carboxylic acids is 1. The van der Waals surface area contributed by atoms with Gasteiger partial charge in [-0.3, -0.25) is 0 Å². The molecular formula is C12H23N3O3. The topological polar surface area (TPSA) is 64.1 Å². The summed E-state index contributed by atoms with van der Waals surface area (Å²) >= 11 is 0. The molecule has 1 aliphatic rings. The van der Waals surface area contributed by atoms with Crippen molar-refractivity contribution in [2.24, 2.45) is 5.92 Å². The first kappa shape index (κ1) is 14.8. The van der Waals surface area contributed by atoms with E-state index in [2.05, 4.69) is 11.8 Å².